The van der Waals surface area contributed by atoms with E-state index in [1.54, 1.807) is 12.1 Å². The van der Waals surface area contributed by atoms with Gasteiger partial charge in [0.15, 0.2) is 0 Å². The quantitative estimate of drug-likeness (QED) is 0.825. The lowest BCUT2D eigenvalue weighted by Gasteiger charge is -2.25. The molecule has 0 radical (unpaired) electrons. The van der Waals surface area contributed by atoms with Crippen molar-refractivity contribution in [1.82, 2.24) is 0 Å². The van der Waals surface area contributed by atoms with Crippen molar-refractivity contribution in [2.45, 2.75) is 19.4 Å². The van der Waals surface area contributed by atoms with E-state index in [-0.39, 0.29) is 5.82 Å². The first-order valence-electron chi connectivity index (χ1n) is 7.05. The Morgan fingerprint density at radius 1 is 1.14 bits per heavy atom. The summed E-state index contributed by atoms with van der Waals surface area (Å²) in [6, 6.07) is 14.4. The van der Waals surface area contributed by atoms with Gasteiger partial charge < -0.3 is 10.0 Å². The highest BCUT2D eigenvalue weighted by molar-refractivity contribution is 9.10. The Balaban J connectivity index is 2.04. The molecule has 0 amide bonds. The zero-order valence-electron chi connectivity index (χ0n) is 12.0. The SMILES string of the molecule is CCN(CCC(O)c1ccccc1Br)c1ccccc1F. The van der Waals surface area contributed by atoms with Crippen molar-refractivity contribution in [3.8, 4) is 0 Å². The Labute approximate surface area is 133 Å². The lowest BCUT2D eigenvalue weighted by atomic mass is 10.1. The van der Waals surface area contributed by atoms with Crippen molar-refractivity contribution in [2.75, 3.05) is 18.0 Å². The summed E-state index contributed by atoms with van der Waals surface area (Å²) in [6.07, 6.45) is -0.0217. The maximum absolute atomic E-state index is 13.8. The molecule has 1 atom stereocenters. The normalized spacial score (nSPS) is 12.2. The minimum absolute atomic E-state index is 0.227. The smallest absolute Gasteiger partial charge is 0.146 e. The van der Waals surface area contributed by atoms with Crippen molar-refractivity contribution in [1.29, 1.82) is 0 Å². The van der Waals surface area contributed by atoms with Gasteiger partial charge in [-0.3, -0.25) is 0 Å². The van der Waals surface area contributed by atoms with Crippen molar-refractivity contribution in [3.63, 3.8) is 0 Å². The van der Waals surface area contributed by atoms with E-state index in [0.717, 1.165) is 10.0 Å². The zero-order valence-corrected chi connectivity index (χ0v) is 13.6. The molecule has 0 saturated heterocycles. The number of aliphatic hydroxyl groups is 1. The first kappa shape index (κ1) is 16.0. The highest BCUT2D eigenvalue weighted by atomic mass is 79.9. The number of nitrogens with zero attached hydrogens (tertiary/aromatic N) is 1. The summed E-state index contributed by atoms with van der Waals surface area (Å²) in [5, 5.41) is 10.3. The van der Waals surface area contributed by atoms with Gasteiger partial charge in [0.25, 0.3) is 0 Å². The van der Waals surface area contributed by atoms with Crippen LogP contribution in [0.25, 0.3) is 0 Å². The predicted octanol–water partition coefficient (Wildman–Crippen LogP) is 4.54. The molecule has 0 aliphatic carbocycles. The van der Waals surface area contributed by atoms with Crippen molar-refractivity contribution in [3.05, 3.63) is 64.4 Å². The zero-order chi connectivity index (χ0) is 15.2. The predicted molar refractivity (Wildman–Crippen MR) is 88.0 cm³/mol. The Bertz CT molecular complexity index is 591. The fourth-order valence-corrected chi connectivity index (χ4v) is 2.89. The molecule has 2 nitrogen and oxygen atoms in total. The van der Waals surface area contributed by atoms with Crippen molar-refractivity contribution < 1.29 is 9.50 Å². The molecular formula is C17H19BrFNO. The first-order valence-corrected chi connectivity index (χ1v) is 7.84. The van der Waals surface area contributed by atoms with Crippen LogP contribution < -0.4 is 4.90 Å². The van der Waals surface area contributed by atoms with Crippen LogP contribution in [0.1, 0.15) is 25.0 Å². The third-order valence-electron chi connectivity index (χ3n) is 3.51. The van der Waals surface area contributed by atoms with Crippen LogP contribution in [-0.4, -0.2) is 18.2 Å². The minimum Gasteiger partial charge on any atom is -0.388 e. The van der Waals surface area contributed by atoms with E-state index in [1.807, 2.05) is 42.2 Å². The van der Waals surface area contributed by atoms with Crippen LogP contribution in [-0.2, 0) is 0 Å². The molecule has 1 N–H and O–H groups in total. The Hall–Kier alpha value is -1.39. The molecule has 0 spiro atoms. The summed E-state index contributed by atoms with van der Waals surface area (Å²) in [5.74, 6) is -0.227. The van der Waals surface area contributed by atoms with Crippen LogP contribution in [0.4, 0.5) is 10.1 Å². The van der Waals surface area contributed by atoms with Crippen molar-refractivity contribution >= 4 is 21.6 Å². The van der Waals surface area contributed by atoms with Crippen LogP contribution in [0.15, 0.2) is 53.0 Å². The van der Waals surface area contributed by atoms with Gasteiger partial charge >= 0.3 is 0 Å². The van der Waals surface area contributed by atoms with E-state index < -0.39 is 6.10 Å². The number of benzene rings is 2. The second-order valence-corrected chi connectivity index (χ2v) is 5.71. The Kier molecular flexibility index (Phi) is 5.76. The van der Waals surface area contributed by atoms with Gasteiger partial charge in [0.2, 0.25) is 0 Å². The standard InChI is InChI=1S/C17H19BrFNO/c1-2-20(16-10-6-5-9-15(16)19)12-11-17(21)13-7-3-4-8-14(13)18/h3-10,17,21H,2,11-12H2,1H3. The van der Waals surface area contributed by atoms with Gasteiger partial charge in [-0.2, -0.15) is 0 Å². The van der Waals surface area contributed by atoms with Crippen molar-refractivity contribution in [2.24, 2.45) is 0 Å². The number of anilines is 1. The monoisotopic (exact) mass is 351 g/mol. The molecule has 0 bridgehead atoms. The van der Waals surface area contributed by atoms with E-state index in [4.69, 9.17) is 0 Å². The largest absolute Gasteiger partial charge is 0.388 e. The molecule has 0 aliphatic heterocycles. The molecule has 0 saturated carbocycles. The highest BCUT2D eigenvalue weighted by Crippen LogP contribution is 2.26. The second kappa shape index (κ2) is 7.57. The summed E-state index contributed by atoms with van der Waals surface area (Å²) in [7, 11) is 0. The number of hydrogen-bond acceptors (Lipinski definition) is 2. The molecule has 0 fully saturated rings. The van der Waals surface area contributed by atoms with Crippen LogP contribution in [0.3, 0.4) is 0 Å². The van der Waals surface area contributed by atoms with Crippen LogP contribution in [0, 0.1) is 5.82 Å². The van der Waals surface area contributed by atoms with E-state index in [9.17, 15) is 9.50 Å². The fourth-order valence-electron chi connectivity index (χ4n) is 2.34. The van der Waals surface area contributed by atoms with Gasteiger partial charge in [0.05, 0.1) is 11.8 Å². The number of para-hydroxylation sites is 1. The van der Waals surface area contributed by atoms with Crippen LogP contribution in [0.5, 0.6) is 0 Å². The Morgan fingerprint density at radius 3 is 2.48 bits per heavy atom. The van der Waals surface area contributed by atoms with Crippen LogP contribution in [0.2, 0.25) is 0 Å². The van der Waals surface area contributed by atoms with E-state index in [2.05, 4.69) is 15.9 Å². The van der Waals surface area contributed by atoms with E-state index >= 15 is 0 Å². The molecule has 2 aromatic carbocycles. The Morgan fingerprint density at radius 2 is 1.81 bits per heavy atom. The maximum Gasteiger partial charge on any atom is 0.146 e. The summed E-state index contributed by atoms with van der Waals surface area (Å²) in [4.78, 5) is 1.94. The topological polar surface area (TPSA) is 23.5 Å². The lowest BCUT2D eigenvalue weighted by Crippen LogP contribution is -2.26. The minimum atomic E-state index is -0.568. The third-order valence-corrected chi connectivity index (χ3v) is 4.23. The average molecular weight is 352 g/mol. The molecule has 4 heteroatoms. The highest BCUT2D eigenvalue weighted by Gasteiger charge is 2.14. The molecule has 21 heavy (non-hydrogen) atoms. The summed E-state index contributed by atoms with van der Waals surface area (Å²) in [5.41, 5.74) is 1.45. The number of hydrogen-bond donors (Lipinski definition) is 1. The lowest BCUT2D eigenvalue weighted by molar-refractivity contribution is 0.168. The maximum atomic E-state index is 13.8. The van der Waals surface area contributed by atoms with Gasteiger partial charge in [0.1, 0.15) is 5.82 Å². The first-order chi connectivity index (χ1) is 10.1. The second-order valence-electron chi connectivity index (χ2n) is 4.86. The average Bonchev–Trinajstić information content (AvgIpc) is 2.49. The molecule has 112 valence electrons. The summed E-state index contributed by atoms with van der Waals surface area (Å²) in [6.45, 7) is 3.28. The van der Waals surface area contributed by atoms with Gasteiger partial charge in [-0.25, -0.2) is 4.39 Å². The van der Waals surface area contributed by atoms with E-state index in [0.29, 0.717) is 25.2 Å². The molecular weight excluding hydrogens is 333 g/mol. The van der Waals surface area contributed by atoms with Gasteiger partial charge in [-0.05, 0) is 37.1 Å². The molecule has 2 aromatic rings. The van der Waals surface area contributed by atoms with Crippen LogP contribution >= 0.6 is 15.9 Å². The van der Waals surface area contributed by atoms with Gasteiger partial charge in [0, 0.05) is 17.6 Å². The van der Waals surface area contributed by atoms with Gasteiger partial charge in [-0.1, -0.05) is 46.3 Å². The molecule has 0 aliphatic rings. The summed E-state index contributed by atoms with van der Waals surface area (Å²) >= 11 is 3.44. The summed E-state index contributed by atoms with van der Waals surface area (Å²) < 4.78 is 14.7. The number of halogens is 2. The third kappa shape index (κ3) is 4.05. The number of aliphatic hydroxyl groups excluding tert-OH is 1. The molecule has 0 aromatic heterocycles. The van der Waals surface area contributed by atoms with E-state index in [1.165, 1.54) is 6.07 Å². The molecule has 1 unspecified atom stereocenters. The van der Waals surface area contributed by atoms with Gasteiger partial charge in [-0.15, -0.1) is 0 Å². The number of rotatable bonds is 6. The fraction of sp³-hybridized carbons (Fsp3) is 0.294. The molecule has 2 rings (SSSR count). The molecule has 0 heterocycles.